The van der Waals surface area contributed by atoms with Gasteiger partial charge in [-0.3, -0.25) is 0 Å². The number of methoxy groups -OCH3 is 1. The van der Waals surface area contributed by atoms with Gasteiger partial charge in [-0.15, -0.1) is 5.10 Å². The first kappa shape index (κ1) is 15.5. The lowest BCUT2D eigenvalue weighted by Gasteiger charge is -2.05. The SMILES string of the molecule is COCCNCc1nnc(NCCc2ccccc2C)o1. The molecule has 0 saturated carbocycles. The molecule has 1 heterocycles. The molecule has 2 aromatic rings. The molecule has 6 nitrogen and oxygen atoms in total. The van der Waals surface area contributed by atoms with Crippen molar-refractivity contribution < 1.29 is 9.15 Å². The number of aromatic nitrogens is 2. The van der Waals surface area contributed by atoms with Crippen molar-refractivity contribution in [1.29, 1.82) is 0 Å². The standard InChI is InChI=1S/C15H22N4O2/c1-12-5-3-4-6-13(12)7-8-17-15-19-18-14(21-15)11-16-9-10-20-2/h3-6,16H,7-11H2,1-2H3,(H,17,19). The minimum Gasteiger partial charge on any atom is -0.407 e. The zero-order valence-corrected chi connectivity index (χ0v) is 12.6. The predicted molar refractivity (Wildman–Crippen MR) is 81.3 cm³/mol. The normalized spacial score (nSPS) is 10.8. The second-order valence-electron chi connectivity index (χ2n) is 4.77. The fraction of sp³-hybridized carbons (Fsp3) is 0.467. The molecule has 0 atom stereocenters. The number of nitrogens with one attached hydrogen (secondary N) is 2. The third kappa shape index (κ3) is 5.17. The number of anilines is 1. The van der Waals surface area contributed by atoms with E-state index in [0.29, 0.717) is 25.1 Å². The minimum atomic E-state index is 0.465. The molecule has 0 bridgehead atoms. The van der Waals surface area contributed by atoms with Crippen LogP contribution in [-0.2, 0) is 17.7 Å². The summed E-state index contributed by atoms with van der Waals surface area (Å²) in [6, 6.07) is 8.82. The number of rotatable bonds is 9. The molecule has 21 heavy (non-hydrogen) atoms. The van der Waals surface area contributed by atoms with Gasteiger partial charge in [0.1, 0.15) is 0 Å². The summed E-state index contributed by atoms with van der Waals surface area (Å²) < 4.78 is 10.4. The van der Waals surface area contributed by atoms with E-state index in [1.807, 2.05) is 6.07 Å². The Hall–Kier alpha value is -1.92. The summed E-state index contributed by atoms with van der Waals surface area (Å²) in [5.41, 5.74) is 2.62. The largest absolute Gasteiger partial charge is 0.407 e. The Morgan fingerprint density at radius 3 is 2.86 bits per heavy atom. The highest BCUT2D eigenvalue weighted by atomic mass is 16.5. The average molecular weight is 290 g/mol. The summed E-state index contributed by atoms with van der Waals surface area (Å²) in [4.78, 5) is 0. The minimum absolute atomic E-state index is 0.465. The van der Waals surface area contributed by atoms with Gasteiger partial charge in [-0.05, 0) is 24.5 Å². The molecule has 114 valence electrons. The molecule has 1 aromatic heterocycles. The van der Waals surface area contributed by atoms with Gasteiger partial charge in [-0.1, -0.05) is 29.4 Å². The van der Waals surface area contributed by atoms with E-state index in [9.17, 15) is 0 Å². The highest BCUT2D eigenvalue weighted by molar-refractivity contribution is 5.27. The average Bonchev–Trinajstić information content (AvgIpc) is 2.94. The molecule has 0 unspecified atom stereocenters. The van der Waals surface area contributed by atoms with Crippen molar-refractivity contribution in [1.82, 2.24) is 15.5 Å². The van der Waals surface area contributed by atoms with Gasteiger partial charge in [0.25, 0.3) is 0 Å². The van der Waals surface area contributed by atoms with E-state index in [0.717, 1.165) is 19.5 Å². The fourth-order valence-electron chi connectivity index (χ4n) is 1.96. The van der Waals surface area contributed by atoms with Crippen LogP contribution in [0.4, 0.5) is 6.01 Å². The van der Waals surface area contributed by atoms with Gasteiger partial charge in [-0.2, -0.15) is 0 Å². The maximum atomic E-state index is 5.50. The van der Waals surface area contributed by atoms with Crippen molar-refractivity contribution in [2.75, 3.05) is 32.1 Å². The Morgan fingerprint density at radius 1 is 1.19 bits per heavy atom. The Bertz CT molecular complexity index is 542. The van der Waals surface area contributed by atoms with Crippen LogP contribution in [-0.4, -0.2) is 37.0 Å². The van der Waals surface area contributed by atoms with Crippen LogP contribution in [0.15, 0.2) is 28.7 Å². The number of benzene rings is 1. The van der Waals surface area contributed by atoms with Crippen LogP contribution >= 0.6 is 0 Å². The summed E-state index contributed by atoms with van der Waals surface area (Å²) in [5.74, 6) is 0.574. The van der Waals surface area contributed by atoms with E-state index in [1.165, 1.54) is 11.1 Å². The first-order valence-electron chi connectivity index (χ1n) is 7.10. The van der Waals surface area contributed by atoms with Crippen molar-refractivity contribution in [3.05, 3.63) is 41.3 Å². The smallest absolute Gasteiger partial charge is 0.315 e. The topological polar surface area (TPSA) is 72.2 Å². The van der Waals surface area contributed by atoms with E-state index in [-0.39, 0.29) is 0 Å². The van der Waals surface area contributed by atoms with Crippen LogP contribution in [0.1, 0.15) is 17.0 Å². The summed E-state index contributed by atoms with van der Waals surface area (Å²) in [6.45, 7) is 4.86. The second kappa shape index (κ2) is 8.39. The Kier molecular flexibility index (Phi) is 6.18. The number of ether oxygens (including phenoxy) is 1. The third-order valence-corrected chi connectivity index (χ3v) is 3.16. The molecule has 0 radical (unpaired) electrons. The molecule has 1 aromatic carbocycles. The summed E-state index contributed by atoms with van der Waals surface area (Å²) in [6.07, 6.45) is 0.927. The quantitative estimate of drug-likeness (QED) is 0.686. The molecule has 2 N–H and O–H groups in total. The molecule has 6 heteroatoms. The lowest BCUT2D eigenvalue weighted by atomic mass is 10.1. The summed E-state index contributed by atoms with van der Waals surface area (Å²) in [7, 11) is 1.67. The van der Waals surface area contributed by atoms with Gasteiger partial charge in [0, 0.05) is 20.2 Å². The summed E-state index contributed by atoms with van der Waals surface area (Å²) >= 11 is 0. The first-order valence-corrected chi connectivity index (χ1v) is 7.10. The molecule has 0 fully saturated rings. The molecule has 0 aliphatic heterocycles. The summed E-state index contributed by atoms with van der Waals surface area (Å²) in [5, 5.41) is 14.3. The number of hydrogen-bond donors (Lipinski definition) is 2. The zero-order chi connectivity index (χ0) is 14.9. The molecule has 0 aliphatic carbocycles. The highest BCUT2D eigenvalue weighted by Crippen LogP contribution is 2.09. The van der Waals surface area contributed by atoms with Crippen LogP contribution in [0.5, 0.6) is 0 Å². The maximum absolute atomic E-state index is 5.50. The van der Waals surface area contributed by atoms with Gasteiger partial charge >= 0.3 is 6.01 Å². The van der Waals surface area contributed by atoms with Gasteiger partial charge in [-0.25, -0.2) is 0 Å². The number of hydrogen-bond acceptors (Lipinski definition) is 6. The Morgan fingerprint density at radius 2 is 2.05 bits per heavy atom. The fourth-order valence-corrected chi connectivity index (χ4v) is 1.96. The van der Waals surface area contributed by atoms with Crippen LogP contribution in [0, 0.1) is 6.92 Å². The van der Waals surface area contributed by atoms with Crippen LogP contribution in [0.2, 0.25) is 0 Å². The van der Waals surface area contributed by atoms with E-state index in [4.69, 9.17) is 9.15 Å². The van der Waals surface area contributed by atoms with Gasteiger partial charge < -0.3 is 19.8 Å². The van der Waals surface area contributed by atoms with Crippen molar-refractivity contribution in [2.24, 2.45) is 0 Å². The van der Waals surface area contributed by atoms with Gasteiger partial charge in [0.05, 0.1) is 13.2 Å². The monoisotopic (exact) mass is 290 g/mol. The maximum Gasteiger partial charge on any atom is 0.315 e. The highest BCUT2D eigenvalue weighted by Gasteiger charge is 2.05. The number of aryl methyl sites for hydroxylation is 1. The van der Waals surface area contributed by atoms with Crippen molar-refractivity contribution >= 4 is 6.01 Å². The third-order valence-electron chi connectivity index (χ3n) is 3.16. The van der Waals surface area contributed by atoms with E-state index < -0.39 is 0 Å². The predicted octanol–water partition coefficient (Wildman–Crippen LogP) is 1.77. The molecule has 0 amide bonds. The Balaban J connectivity index is 1.71. The first-order chi connectivity index (χ1) is 10.3. The van der Waals surface area contributed by atoms with E-state index >= 15 is 0 Å². The molecule has 2 rings (SSSR count). The van der Waals surface area contributed by atoms with Crippen molar-refractivity contribution in [3.63, 3.8) is 0 Å². The Labute approximate surface area is 124 Å². The molecule has 0 saturated heterocycles. The van der Waals surface area contributed by atoms with Crippen LogP contribution < -0.4 is 10.6 Å². The van der Waals surface area contributed by atoms with Gasteiger partial charge in [0.15, 0.2) is 0 Å². The van der Waals surface area contributed by atoms with E-state index in [2.05, 4.69) is 46.0 Å². The van der Waals surface area contributed by atoms with Crippen molar-refractivity contribution in [2.45, 2.75) is 19.9 Å². The van der Waals surface area contributed by atoms with Crippen LogP contribution in [0.25, 0.3) is 0 Å². The number of nitrogens with zero attached hydrogens (tertiary/aromatic N) is 2. The second-order valence-corrected chi connectivity index (χ2v) is 4.77. The van der Waals surface area contributed by atoms with Crippen LogP contribution in [0.3, 0.4) is 0 Å². The molecular weight excluding hydrogens is 268 g/mol. The molecule has 0 spiro atoms. The molecule has 0 aliphatic rings. The van der Waals surface area contributed by atoms with Crippen molar-refractivity contribution in [3.8, 4) is 0 Å². The zero-order valence-electron chi connectivity index (χ0n) is 12.6. The molecular formula is C15H22N4O2. The van der Waals surface area contributed by atoms with E-state index in [1.54, 1.807) is 7.11 Å². The lowest BCUT2D eigenvalue weighted by Crippen LogP contribution is -2.18. The van der Waals surface area contributed by atoms with Gasteiger partial charge in [0.2, 0.25) is 5.89 Å². The lowest BCUT2D eigenvalue weighted by molar-refractivity contribution is 0.198.